The van der Waals surface area contributed by atoms with E-state index in [1.165, 1.54) is 18.2 Å². The molecule has 1 aliphatic rings. The lowest BCUT2D eigenvalue weighted by Crippen LogP contribution is -2.46. The summed E-state index contributed by atoms with van der Waals surface area (Å²) in [6.07, 6.45) is 0.682. The number of rotatable bonds is 4. The third-order valence-electron chi connectivity index (χ3n) is 3.84. The number of hydrazine groups is 1. The van der Waals surface area contributed by atoms with Crippen molar-refractivity contribution < 1.29 is 27.5 Å². The largest absolute Gasteiger partial charge is 0.490 e. The Morgan fingerprint density at radius 2 is 1.61 bits per heavy atom. The van der Waals surface area contributed by atoms with Gasteiger partial charge in [0.2, 0.25) is 0 Å². The fourth-order valence-electron chi connectivity index (χ4n) is 2.36. The molecule has 3 N–H and O–H groups in total. The van der Waals surface area contributed by atoms with Crippen LogP contribution in [0.4, 0.5) is 5.69 Å². The standard InChI is InChI=1S/C18H19N3O6S/c1-12-3-5-13(6-4-12)19-17(22)18(23)20-21-28(24,25)14-7-8-15-16(11-14)27-10-2-9-26-15/h3-8,11,21H,2,9-10H2,1H3,(H,19,22)(H,20,23). The van der Waals surface area contributed by atoms with Crippen LogP contribution in [0, 0.1) is 6.92 Å². The molecule has 0 saturated heterocycles. The Morgan fingerprint density at radius 1 is 0.929 bits per heavy atom. The Hall–Kier alpha value is -3.11. The Labute approximate surface area is 162 Å². The van der Waals surface area contributed by atoms with E-state index in [0.717, 1.165) is 5.56 Å². The number of aryl methyl sites for hydroxylation is 1. The molecule has 0 fully saturated rings. The van der Waals surface area contributed by atoms with Crippen molar-refractivity contribution in [2.75, 3.05) is 18.5 Å². The van der Waals surface area contributed by atoms with E-state index in [0.29, 0.717) is 36.8 Å². The summed E-state index contributed by atoms with van der Waals surface area (Å²) in [6, 6.07) is 10.9. The van der Waals surface area contributed by atoms with Gasteiger partial charge in [-0.1, -0.05) is 17.7 Å². The molecule has 1 aliphatic heterocycles. The molecule has 0 saturated carbocycles. The molecule has 0 atom stereocenters. The number of carbonyl (C=O) groups excluding carboxylic acids is 2. The number of anilines is 1. The predicted octanol–water partition coefficient (Wildman–Crippen LogP) is 1.10. The van der Waals surface area contributed by atoms with Crippen molar-refractivity contribution in [3.05, 3.63) is 48.0 Å². The molecule has 2 amide bonds. The maximum Gasteiger partial charge on any atom is 0.324 e. The molecule has 28 heavy (non-hydrogen) atoms. The van der Waals surface area contributed by atoms with Gasteiger partial charge in [0.25, 0.3) is 10.0 Å². The number of ether oxygens (including phenoxy) is 2. The van der Waals surface area contributed by atoms with Gasteiger partial charge in [-0.05, 0) is 31.2 Å². The maximum absolute atomic E-state index is 12.4. The fraction of sp³-hybridized carbons (Fsp3) is 0.222. The summed E-state index contributed by atoms with van der Waals surface area (Å²) >= 11 is 0. The molecular formula is C18H19N3O6S. The number of sulfonamides is 1. The Kier molecular flexibility index (Phi) is 5.81. The number of carbonyl (C=O) groups is 2. The van der Waals surface area contributed by atoms with Crippen molar-refractivity contribution >= 4 is 27.5 Å². The first-order chi connectivity index (χ1) is 13.3. The van der Waals surface area contributed by atoms with Gasteiger partial charge in [-0.15, -0.1) is 4.83 Å². The monoisotopic (exact) mass is 405 g/mol. The summed E-state index contributed by atoms with van der Waals surface area (Å²) in [5, 5.41) is 2.37. The number of hydrogen-bond acceptors (Lipinski definition) is 6. The van der Waals surface area contributed by atoms with Crippen molar-refractivity contribution in [1.82, 2.24) is 10.3 Å². The van der Waals surface area contributed by atoms with E-state index in [2.05, 4.69) is 5.32 Å². The second-order valence-electron chi connectivity index (χ2n) is 6.04. The van der Waals surface area contributed by atoms with Crippen LogP contribution in [0.2, 0.25) is 0 Å². The summed E-state index contributed by atoms with van der Waals surface area (Å²) in [6.45, 7) is 2.76. The second kappa shape index (κ2) is 8.28. The van der Waals surface area contributed by atoms with E-state index in [9.17, 15) is 18.0 Å². The van der Waals surface area contributed by atoms with Gasteiger partial charge in [0.1, 0.15) is 0 Å². The summed E-state index contributed by atoms with van der Waals surface area (Å²) in [5.74, 6) is -1.43. The van der Waals surface area contributed by atoms with Crippen molar-refractivity contribution in [3.8, 4) is 11.5 Å². The SMILES string of the molecule is Cc1ccc(NC(=O)C(=O)NNS(=O)(=O)c2ccc3c(c2)OCCCO3)cc1. The number of benzene rings is 2. The normalized spacial score (nSPS) is 13.3. The maximum atomic E-state index is 12.4. The lowest BCUT2D eigenvalue weighted by molar-refractivity contribution is -0.136. The first-order valence-corrected chi connectivity index (χ1v) is 9.93. The molecule has 0 bridgehead atoms. The molecule has 10 heteroatoms. The summed E-state index contributed by atoms with van der Waals surface area (Å²) in [7, 11) is -4.11. The van der Waals surface area contributed by atoms with Gasteiger partial charge < -0.3 is 14.8 Å². The molecule has 148 valence electrons. The molecular weight excluding hydrogens is 386 g/mol. The average molecular weight is 405 g/mol. The molecule has 0 radical (unpaired) electrons. The van der Waals surface area contributed by atoms with Crippen LogP contribution in [0.1, 0.15) is 12.0 Å². The highest BCUT2D eigenvalue weighted by Gasteiger charge is 2.21. The minimum Gasteiger partial charge on any atom is -0.490 e. The van der Waals surface area contributed by atoms with Gasteiger partial charge in [0.05, 0.1) is 18.1 Å². The third kappa shape index (κ3) is 4.78. The minimum atomic E-state index is -4.11. The molecule has 0 spiro atoms. The lowest BCUT2D eigenvalue weighted by atomic mass is 10.2. The van der Waals surface area contributed by atoms with Crippen LogP contribution in [0.5, 0.6) is 11.5 Å². The predicted molar refractivity (Wildman–Crippen MR) is 100 cm³/mol. The number of amides is 2. The van der Waals surface area contributed by atoms with Gasteiger partial charge in [0.15, 0.2) is 11.5 Å². The lowest BCUT2D eigenvalue weighted by Gasteiger charge is -2.11. The highest BCUT2D eigenvalue weighted by Crippen LogP contribution is 2.31. The zero-order valence-corrected chi connectivity index (χ0v) is 15.8. The first-order valence-electron chi connectivity index (χ1n) is 8.44. The second-order valence-corrected chi connectivity index (χ2v) is 7.72. The summed E-state index contributed by atoms with van der Waals surface area (Å²) < 4.78 is 35.6. The molecule has 0 aromatic heterocycles. The van der Waals surface area contributed by atoms with Crippen molar-refractivity contribution in [1.29, 1.82) is 0 Å². The van der Waals surface area contributed by atoms with E-state index < -0.39 is 21.8 Å². The Morgan fingerprint density at radius 3 is 2.32 bits per heavy atom. The molecule has 2 aromatic rings. The van der Waals surface area contributed by atoms with Crippen molar-refractivity contribution in [2.45, 2.75) is 18.2 Å². The van der Waals surface area contributed by atoms with E-state index in [-0.39, 0.29) is 4.90 Å². The van der Waals surface area contributed by atoms with Gasteiger partial charge in [-0.2, -0.15) is 0 Å². The van der Waals surface area contributed by atoms with E-state index in [1.807, 2.05) is 17.2 Å². The molecule has 9 nitrogen and oxygen atoms in total. The van der Waals surface area contributed by atoms with Crippen LogP contribution in [0.3, 0.4) is 0 Å². The molecule has 1 heterocycles. The Bertz CT molecular complexity index is 989. The molecule has 0 aliphatic carbocycles. The first kappa shape index (κ1) is 19.6. The number of nitrogens with one attached hydrogen (secondary N) is 3. The van der Waals surface area contributed by atoms with Gasteiger partial charge in [-0.25, -0.2) is 8.42 Å². The van der Waals surface area contributed by atoms with Crippen LogP contribution in [-0.2, 0) is 19.6 Å². The molecule has 0 unspecified atom stereocenters. The smallest absolute Gasteiger partial charge is 0.324 e. The molecule has 2 aromatic carbocycles. The van der Waals surface area contributed by atoms with Crippen LogP contribution < -0.4 is 25.0 Å². The summed E-state index contributed by atoms with van der Waals surface area (Å²) in [5.41, 5.74) is 3.29. The van der Waals surface area contributed by atoms with E-state index in [1.54, 1.807) is 24.3 Å². The number of hydrogen-bond donors (Lipinski definition) is 3. The Balaban J connectivity index is 1.62. The van der Waals surface area contributed by atoms with Crippen LogP contribution >= 0.6 is 0 Å². The third-order valence-corrected chi connectivity index (χ3v) is 5.09. The molecule has 3 rings (SSSR count). The van der Waals surface area contributed by atoms with Gasteiger partial charge in [0, 0.05) is 18.2 Å². The highest BCUT2D eigenvalue weighted by molar-refractivity contribution is 7.89. The summed E-state index contributed by atoms with van der Waals surface area (Å²) in [4.78, 5) is 25.5. The van der Waals surface area contributed by atoms with E-state index in [4.69, 9.17) is 9.47 Å². The van der Waals surface area contributed by atoms with Crippen LogP contribution in [0.15, 0.2) is 47.4 Å². The van der Waals surface area contributed by atoms with Crippen molar-refractivity contribution in [2.24, 2.45) is 0 Å². The minimum absolute atomic E-state index is 0.143. The van der Waals surface area contributed by atoms with Crippen molar-refractivity contribution in [3.63, 3.8) is 0 Å². The quantitative estimate of drug-likeness (QED) is 0.517. The average Bonchev–Trinajstić information content (AvgIpc) is 2.92. The highest BCUT2D eigenvalue weighted by atomic mass is 32.2. The van der Waals surface area contributed by atoms with E-state index >= 15 is 0 Å². The van der Waals surface area contributed by atoms with Gasteiger partial charge in [-0.3, -0.25) is 15.0 Å². The van der Waals surface area contributed by atoms with Gasteiger partial charge >= 0.3 is 11.8 Å². The zero-order valence-electron chi connectivity index (χ0n) is 15.0. The fourth-order valence-corrected chi connectivity index (χ4v) is 3.22. The topological polar surface area (TPSA) is 123 Å². The van der Waals surface area contributed by atoms with Crippen LogP contribution in [0.25, 0.3) is 0 Å². The zero-order chi connectivity index (χ0) is 20.1. The number of fused-ring (bicyclic) bond motifs is 1. The van der Waals surface area contributed by atoms with Crippen LogP contribution in [-0.4, -0.2) is 33.4 Å².